The van der Waals surface area contributed by atoms with Crippen molar-refractivity contribution >= 4 is 17.7 Å². The summed E-state index contributed by atoms with van der Waals surface area (Å²) in [5, 5.41) is 9.00. The maximum atomic E-state index is 14.6. The number of morpholine rings is 1. The molecule has 44 heavy (non-hydrogen) atoms. The minimum atomic E-state index is -0.410. The zero-order valence-corrected chi connectivity index (χ0v) is 28.4. The van der Waals surface area contributed by atoms with Gasteiger partial charge in [-0.1, -0.05) is 43.0 Å². The number of rotatable bonds is 8. The summed E-state index contributed by atoms with van der Waals surface area (Å²) < 4.78 is 22.7. The summed E-state index contributed by atoms with van der Waals surface area (Å²) in [6.07, 6.45) is 4.53. The molecule has 238 valence electrons. The monoisotopic (exact) mass is 621 g/mol. The number of likely N-dealkylation sites (tertiary alicyclic amines) is 1. The average molecular weight is 622 g/mol. The number of nitrogens with zero attached hydrogens (tertiary/aromatic N) is 5. The Morgan fingerprint density at radius 3 is 2.39 bits per heavy atom. The number of aromatic nitrogens is 3. The quantitative estimate of drug-likeness (QED) is 0.262. The van der Waals surface area contributed by atoms with Crippen LogP contribution in [0.4, 0.5) is 4.39 Å². The number of carbonyl (C=O) groups excluding carboxylic acids is 1. The summed E-state index contributed by atoms with van der Waals surface area (Å²) in [5.74, 6) is -0.123. The van der Waals surface area contributed by atoms with Gasteiger partial charge in [0.25, 0.3) is 5.91 Å². The van der Waals surface area contributed by atoms with Crippen LogP contribution in [0.3, 0.4) is 0 Å². The Labute approximate surface area is 266 Å². The molecule has 2 aromatic carbocycles. The van der Waals surface area contributed by atoms with Crippen LogP contribution in [0.15, 0.2) is 58.5 Å². The molecule has 5 rings (SSSR count). The number of amides is 1. The van der Waals surface area contributed by atoms with Gasteiger partial charge in [-0.25, -0.2) is 9.07 Å². The van der Waals surface area contributed by atoms with Crippen molar-refractivity contribution in [2.75, 3.05) is 26.2 Å². The molecule has 2 aliphatic heterocycles. The highest BCUT2D eigenvalue weighted by molar-refractivity contribution is 7.99. The van der Waals surface area contributed by atoms with E-state index in [1.807, 2.05) is 15.8 Å². The Hall–Kier alpha value is -2.75. The van der Waals surface area contributed by atoms with E-state index in [0.717, 1.165) is 54.4 Å². The van der Waals surface area contributed by atoms with Gasteiger partial charge in [-0.15, -0.1) is 5.10 Å². The Morgan fingerprint density at radius 1 is 1.05 bits per heavy atom. The van der Waals surface area contributed by atoms with E-state index in [1.54, 1.807) is 6.07 Å². The van der Waals surface area contributed by atoms with Gasteiger partial charge in [0.05, 0.1) is 28.5 Å². The summed E-state index contributed by atoms with van der Waals surface area (Å²) in [6.45, 7) is 20.2. The normalized spacial score (nSPS) is 21.5. The fraction of sp³-hybridized carbons (Fsp3) is 0.571. The third-order valence-corrected chi connectivity index (χ3v) is 9.87. The molecule has 1 unspecified atom stereocenters. The van der Waals surface area contributed by atoms with Crippen molar-refractivity contribution in [2.24, 2.45) is 0 Å². The number of piperidine rings is 1. The van der Waals surface area contributed by atoms with Gasteiger partial charge in [-0.3, -0.25) is 9.69 Å². The third kappa shape index (κ3) is 7.72. The lowest BCUT2D eigenvalue weighted by atomic mass is 9.87. The predicted molar refractivity (Wildman–Crippen MR) is 174 cm³/mol. The molecule has 0 N–H and O–H groups in total. The number of hydrogen-bond acceptors (Lipinski definition) is 6. The van der Waals surface area contributed by atoms with Crippen LogP contribution in [-0.4, -0.2) is 73.6 Å². The molecular formula is C35H48FN5O2S. The molecule has 3 aromatic rings. The van der Waals surface area contributed by atoms with Gasteiger partial charge in [0, 0.05) is 54.1 Å². The van der Waals surface area contributed by atoms with Crippen LogP contribution in [0.1, 0.15) is 102 Å². The van der Waals surface area contributed by atoms with E-state index in [0.29, 0.717) is 18.0 Å². The van der Waals surface area contributed by atoms with Crippen molar-refractivity contribution in [1.29, 1.82) is 0 Å². The molecule has 2 fully saturated rings. The molecule has 2 saturated heterocycles. The second kappa shape index (κ2) is 12.6. The van der Waals surface area contributed by atoms with Crippen LogP contribution in [0.25, 0.3) is 0 Å². The van der Waals surface area contributed by atoms with E-state index in [4.69, 9.17) is 4.74 Å². The fourth-order valence-electron chi connectivity index (χ4n) is 6.71. The molecule has 0 bridgehead atoms. The van der Waals surface area contributed by atoms with E-state index in [2.05, 4.69) is 94.9 Å². The van der Waals surface area contributed by atoms with Gasteiger partial charge in [-0.2, -0.15) is 0 Å². The van der Waals surface area contributed by atoms with Crippen LogP contribution in [0.2, 0.25) is 0 Å². The molecule has 3 heterocycles. The first kappa shape index (κ1) is 32.6. The summed E-state index contributed by atoms with van der Waals surface area (Å²) in [5.41, 5.74) is 1.84. The standard InChI is InChI=1S/C35H48FN5O2S/c1-24(2)25-9-12-29(13-10-25)44-31-14-11-26(36)19-30(31)32(42)40-21-28(15-17-33(40,3)4)41-20-27(37-38-41)16-18-39-22-34(5,6)43-35(7,8)23-39/h9-14,19-20,24,28H,15-18,21-23H2,1-8H3. The smallest absolute Gasteiger partial charge is 0.255 e. The lowest BCUT2D eigenvalue weighted by molar-refractivity contribution is -0.180. The minimum absolute atomic E-state index is 0.00252. The molecule has 9 heteroatoms. The zero-order chi connectivity index (χ0) is 31.9. The van der Waals surface area contributed by atoms with Gasteiger partial charge in [0.2, 0.25) is 0 Å². The van der Waals surface area contributed by atoms with E-state index >= 15 is 0 Å². The zero-order valence-electron chi connectivity index (χ0n) is 27.6. The van der Waals surface area contributed by atoms with Crippen LogP contribution in [-0.2, 0) is 11.2 Å². The second-order valence-electron chi connectivity index (χ2n) is 14.7. The maximum Gasteiger partial charge on any atom is 0.255 e. The average Bonchev–Trinajstić information content (AvgIpc) is 3.40. The van der Waals surface area contributed by atoms with Crippen molar-refractivity contribution in [2.45, 2.75) is 113 Å². The number of carbonyl (C=O) groups is 1. The Kier molecular flexibility index (Phi) is 9.32. The highest BCUT2D eigenvalue weighted by atomic mass is 32.2. The van der Waals surface area contributed by atoms with Gasteiger partial charge in [0.15, 0.2) is 0 Å². The molecule has 0 radical (unpaired) electrons. The van der Waals surface area contributed by atoms with Crippen molar-refractivity contribution in [3.8, 4) is 0 Å². The lowest BCUT2D eigenvalue weighted by Gasteiger charge is -2.47. The number of hydrogen-bond donors (Lipinski definition) is 0. The Morgan fingerprint density at radius 2 is 1.73 bits per heavy atom. The molecule has 0 saturated carbocycles. The van der Waals surface area contributed by atoms with Crippen LogP contribution in [0.5, 0.6) is 0 Å². The minimum Gasteiger partial charge on any atom is -0.367 e. The SMILES string of the molecule is CC(C)c1ccc(Sc2ccc(F)cc2C(=O)N2CC(n3cc(CCN4CC(C)(C)OC(C)(C)C4)nn3)CCC2(C)C)cc1. The highest BCUT2D eigenvalue weighted by Gasteiger charge is 2.40. The molecule has 0 spiro atoms. The molecule has 2 aliphatic rings. The number of benzene rings is 2. The molecule has 1 aromatic heterocycles. The Balaban J connectivity index is 1.29. The van der Waals surface area contributed by atoms with Gasteiger partial charge in [-0.05, 0) is 96.2 Å². The first-order valence-electron chi connectivity index (χ1n) is 15.8. The first-order valence-corrected chi connectivity index (χ1v) is 16.7. The summed E-state index contributed by atoms with van der Waals surface area (Å²) >= 11 is 1.50. The predicted octanol–water partition coefficient (Wildman–Crippen LogP) is 7.38. The van der Waals surface area contributed by atoms with Crippen molar-refractivity contribution in [1.82, 2.24) is 24.8 Å². The second-order valence-corrected chi connectivity index (χ2v) is 15.8. The lowest BCUT2D eigenvalue weighted by Crippen LogP contribution is -2.57. The number of halogens is 1. The van der Waals surface area contributed by atoms with E-state index in [9.17, 15) is 9.18 Å². The molecule has 7 nitrogen and oxygen atoms in total. The third-order valence-electron chi connectivity index (χ3n) is 8.78. The molecule has 0 aliphatic carbocycles. The fourth-order valence-corrected chi connectivity index (χ4v) is 7.63. The van der Waals surface area contributed by atoms with Crippen molar-refractivity contribution in [3.63, 3.8) is 0 Å². The largest absolute Gasteiger partial charge is 0.367 e. The molecule has 1 atom stereocenters. The first-order chi connectivity index (χ1) is 20.6. The summed E-state index contributed by atoms with van der Waals surface area (Å²) in [6, 6.07) is 12.9. The van der Waals surface area contributed by atoms with Crippen LogP contribution < -0.4 is 0 Å². The Bertz CT molecular complexity index is 1450. The topological polar surface area (TPSA) is 63.5 Å². The van der Waals surface area contributed by atoms with Crippen LogP contribution in [0, 0.1) is 5.82 Å². The van der Waals surface area contributed by atoms with Crippen molar-refractivity contribution < 1.29 is 13.9 Å². The molecular weight excluding hydrogens is 573 g/mol. The summed E-state index contributed by atoms with van der Waals surface area (Å²) in [4.78, 5) is 20.3. The van der Waals surface area contributed by atoms with Crippen molar-refractivity contribution in [3.05, 3.63) is 71.3 Å². The van der Waals surface area contributed by atoms with Gasteiger partial charge in [0.1, 0.15) is 5.82 Å². The summed E-state index contributed by atoms with van der Waals surface area (Å²) in [7, 11) is 0. The number of ether oxygens (including phenoxy) is 1. The highest BCUT2D eigenvalue weighted by Crippen LogP contribution is 2.37. The van der Waals surface area contributed by atoms with E-state index < -0.39 is 5.82 Å². The maximum absolute atomic E-state index is 14.6. The van der Waals surface area contributed by atoms with Crippen LogP contribution >= 0.6 is 11.8 Å². The molecule has 1 amide bonds. The van der Waals surface area contributed by atoms with Gasteiger partial charge < -0.3 is 9.64 Å². The van der Waals surface area contributed by atoms with E-state index in [1.165, 1.54) is 29.5 Å². The van der Waals surface area contributed by atoms with E-state index in [-0.39, 0.29) is 28.7 Å². The van der Waals surface area contributed by atoms with Gasteiger partial charge >= 0.3 is 0 Å².